The molecule has 1 saturated heterocycles. The number of benzene rings is 3. The van der Waals surface area contributed by atoms with E-state index in [2.05, 4.69) is 15.9 Å². The first-order valence-corrected chi connectivity index (χ1v) is 11.2. The van der Waals surface area contributed by atoms with E-state index in [0.717, 1.165) is 37.6 Å². The lowest BCUT2D eigenvalue weighted by molar-refractivity contribution is 0.0596. The van der Waals surface area contributed by atoms with Gasteiger partial charge in [0.25, 0.3) is 11.8 Å². The van der Waals surface area contributed by atoms with Crippen molar-refractivity contribution in [3.05, 3.63) is 96.1 Å². The van der Waals surface area contributed by atoms with Gasteiger partial charge in [0, 0.05) is 50.4 Å². The Morgan fingerprint density at radius 2 is 1.26 bits per heavy atom. The van der Waals surface area contributed by atoms with E-state index in [4.69, 9.17) is 4.74 Å². The zero-order chi connectivity index (χ0) is 23.0. The molecular formula is C27H30ClN3O3. The molecule has 0 unspecified atom stereocenters. The summed E-state index contributed by atoms with van der Waals surface area (Å²) in [7, 11) is 1.69. The van der Waals surface area contributed by atoms with Crippen LogP contribution < -0.4 is 9.64 Å². The summed E-state index contributed by atoms with van der Waals surface area (Å²) in [6, 6.07) is 26.0. The molecule has 2 amide bonds. The number of imide groups is 1. The van der Waals surface area contributed by atoms with Crippen molar-refractivity contribution < 1.29 is 14.3 Å². The molecule has 3 aromatic carbocycles. The maximum Gasteiger partial charge on any atom is 0.260 e. The molecule has 1 aliphatic rings. The van der Waals surface area contributed by atoms with Crippen molar-refractivity contribution in [3.8, 4) is 5.75 Å². The van der Waals surface area contributed by atoms with Crippen LogP contribution in [-0.2, 0) is 0 Å². The average molecular weight is 480 g/mol. The van der Waals surface area contributed by atoms with Crippen molar-refractivity contribution in [2.45, 2.75) is 0 Å². The number of amides is 2. The molecule has 34 heavy (non-hydrogen) atoms. The highest BCUT2D eigenvalue weighted by Gasteiger charge is 2.26. The SMILES string of the molecule is COc1ccccc1N1CCN(CCN(C(=O)c2ccccc2)C(=O)c2ccccc2)CC1.Cl. The molecule has 1 aliphatic heterocycles. The number of hydrogen-bond donors (Lipinski definition) is 0. The van der Waals surface area contributed by atoms with Crippen molar-refractivity contribution >= 4 is 29.9 Å². The predicted octanol–water partition coefficient (Wildman–Crippen LogP) is 4.22. The van der Waals surface area contributed by atoms with E-state index >= 15 is 0 Å². The van der Waals surface area contributed by atoms with Crippen molar-refractivity contribution in [2.24, 2.45) is 0 Å². The van der Waals surface area contributed by atoms with Crippen LogP contribution in [0.3, 0.4) is 0 Å². The van der Waals surface area contributed by atoms with Crippen LogP contribution in [0.1, 0.15) is 20.7 Å². The first-order valence-electron chi connectivity index (χ1n) is 11.2. The standard InChI is InChI=1S/C27H29N3O3.ClH/c1-33-25-15-9-8-14-24(25)29-19-16-28(17-20-29)18-21-30(26(31)22-10-4-2-5-11-22)27(32)23-12-6-3-7-13-23;/h2-15H,16-21H2,1H3;1H. The van der Waals surface area contributed by atoms with Crippen molar-refractivity contribution in [1.29, 1.82) is 0 Å². The third-order valence-electron chi connectivity index (χ3n) is 5.97. The van der Waals surface area contributed by atoms with Crippen molar-refractivity contribution in [1.82, 2.24) is 9.80 Å². The fourth-order valence-corrected chi connectivity index (χ4v) is 4.11. The molecule has 7 heteroatoms. The molecule has 0 N–H and O–H groups in total. The Balaban J connectivity index is 0.00000324. The molecule has 0 aromatic heterocycles. The second-order valence-electron chi connectivity index (χ2n) is 7.99. The summed E-state index contributed by atoms with van der Waals surface area (Å²) in [5, 5.41) is 0. The molecule has 3 aromatic rings. The Morgan fingerprint density at radius 1 is 0.765 bits per heavy atom. The number of ether oxygens (including phenoxy) is 1. The Hall–Kier alpha value is -3.35. The van der Waals surface area contributed by atoms with Crippen LogP contribution in [-0.4, -0.2) is 68.0 Å². The van der Waals surface area contributed by atoms with Gasteiger partial charge in [0.05, 0.1) is 12.8 Å². The van der Waals surface area contributed by atoms with Crippen LogP contribution >= 0.6 is 12.4 Å². The third-order valence-corrected chi connectivity index (χ3v) is 5.97. The highest BCUT2D eigenvalue weighted by molar-refractivity contribution is 6.10. The van der Waals surface area contributed by atoms with Gasteiger partial charge in [-0.2, -0.15) is 0 Å². The molecule has 0 spiro atoms. The van der Waals surface area contributed by atoms with E-state index < -0.39 is 0 Å². The molecule has 1 fully saturated rings. The Labute approximate surface area is 207 Å². The lowest BCUT2D eigenvalue weighted by atomic mass is 10.1. The van der Waals surface area contributed by atoms with E-state index in [1.54, 1.807) is 31.4 Å². The van der Waals surface area contributed by atoms with Crippen molar-refractivity contribution in [3.63, 3.8) is 0 Å². The second-order valence-corrected chi connectivity index (χ2v) is 7.99. The van der Waals surface area contributed by atoms with Crippen LogP contribution in [0.2, 0.25) is 0 Å². The monoisotopic (exact) mass is 479 g/mol. The van der Waals surface area contributed by atoms with Gasteiger partial charge in [-0.15, -0.1) is 12.4 Å². The summed E-state index contributed by atoms with van der Waals surface area (Å²) in [6.07, 6.45) is 0. The second kappa shape index (κ2) is 12.2. The molecule has 4 rings (SSSR count). The molecule has 178 valence electrons. The van der Waals surface area contributed by atoms with E-state index in [1.165, 1.54) is 4.90 Å². The molecule has 1 heterocycles. The molecule has 0 saturated carbocycles. The third kappa shape index (κ3) is 5.95. The van der Waals surface area contributed by atoms with Crippen LogP contribution in [0.4, 0.5) is 5.69 Å². The number of halogens is 1. The van der Waals surface area contributed by atoms with Gasteiger partial charge >= 0.3 is 0 Å². The van der Waals surface area contributed by atoms with E-state index in [1.807, 2.05) is 54.6 Å². The van der Waals surface area contributed by atoms with Crippen LogP contribution in [0.5, 0.6) is 5.75 Å². The molecular weight excluding hydrogens is 450 g/mol. The number of hydrogen-bond acceptors (Lipinski definition) is 5. The minimum atomic E-state index is -0.267. The molecule has 6 nitrogen and oxygen atoms in total. The van der Waals surface area contributed by atoms with Gasteiger partial charge in [-0.05, 0) is 36.4 Å². The first kappa shape index (κ1) is 25.3. The Bertz CT molecular complexity index is 1020. The summed E-state index contributed by atoms with van der Waals surface area (Å²) in [4.78, 5) is 32.4. The minimum absolute atomic E-state index is 0. The van der Waals surface area contributed by atoms with Crippen LogP contribution in [0.15, 0.2) is 84.9 Å². The number of carbonyl (C=O) groups excluding carboxylic acids is 2. The Kier molecular flexibility index (Phi) is 9.08. The van der Waals surface area contributed by atoms with Gasteiger partial charge in [-0.1, -0.05) is 48.5 Å². The predicted molar refractivity (Wildman–Crippen MR) is 137 cm³/mol. The maximum absolute atomic E-state index is 13.2. The number of piperazine rings is 1. The quantitative estimate of drug-likeness (QED) is 0.475. The average Bonchev–Trinajstić information content (AvgIpc) is 2.90. The van der Waals surface area contributed by atoms with Gasteiger partial charge in [-0.25, -0.2) is 0 Å². The Morgan fingerprint density at radius 3 is 1.79 bits per heavy atom. The lowest BCUT2D eigenvalue weighted by Crippen LogP contribution is -2.50. The van der Waals surface area contributed by atoms with Crippen LogP contribution in [0.25, 0.3) is 0 Å². The smallest absolute Gasteiger partial charge is 0.260 e. The fraction of sp³-hybridized carbons (Fsp3) is 0.259. The maximum atomic E-state index is 13.2. The van der Waals surface area contributed by atoms with Gasteiger partial charge in [0.15, 0.2) is 0 Å². The minimum Gasteiger partial charge on any atom is -0.495 e. The van der Waals surface area contributed by atoms with E-state index in [0.29, 0.717) is 24.2 Å². The highest BCUT2D eigenvalue weighted by atomic mass is 35.5. The summed E-state index contributed by atoms with van der Waals surface area (Å²) in [6.45, 7) is 4.40. The number of para-hydroxylation sites is 2. The van der Waals surface area contributed by atoms with Crippen molar-refractivity contribution in [2.75, 3.05) is 51.3 Å². The molecule has 0 bridgehead atoms. The molecule has 0 radical (unpaired) electrons. The van der Waals surface area contributed by atoms with Crippen LogP contribution in [0, 0.1) is 0 Å². The number of carbonyl (C=O) groups is 2. The summed E-state index contributed by atoms with van der Waals surface area (Å²) in [5.41, 5.74) is 2.13. The topological polar surface area (TPSA) is 53.1 Å². The van der Waals surface area contributed by atoms with E-state index in [9.17, 15) is 9.59 Å². The zero-order valence-corrected chi connectivity index (χ0v) is 20.1. The summed E-state index contributed by atoms with van der Waals surface area (Å²) < 4.78 is 5.50. The highest BCUT2D eigenvalue weighted by Crippen LogP contribution is 2.28. The zero-order valence-electron chi connectivity index (χ0n) is 19.3. The van der Waals surface area contributed by atoms with Gasteiger partial charge < -0.3 is 9.64 Å². The lowest BCUT2D eigenvalue weighted by Gasteiger charge is -2.37. The summed E-state index contributed by atoms with van der Waals surface area (Å²) >= 11 is 0. The number of anilines is 1. The number of methoxy groups -OCH3 is 1. The van der Waals surface area contributed by atoms with Gasteiger partial charge in [-0.3, -0.25) is 19.4 Å². The number of nitrogens with zero attached hydrogens (tertiary/aromatic N) is 3. The first-order chi connectivity index (χ1) is 16.2. The molecule has 0 atom stereocenters. The molecule has 0 aliphatic carbocycles. The number of rotatable bonds is 7. The largest absolute Gasteiger partial charge is 0.495 e. The normalized spacial score (nSPS) is 13.6. The van der Waals surface area contributed by atoms with Gasteiger partial charge in [0.1, 0.15) is 5.75 Å². The summed E-state index contributed by atoms with van der Waals surface area (Å²) in [5.74, 6) is 0.341. The fourth-order valence-electron chi connectivity index (χ4n) is 4.11. The van der Waals surface area contributed by atoms with Gasteiger partial charge in [0.2, 0.25) is 0 Å². The van der Waals surface area contributed by atoms with E-state index in [-0.39, 0.29) is 24.2 Å².